The highest BCUT2D eigenvalue weighted by atomic mass is 32.2. The highest BCUT2D eigenvalue weighted by Crippen LogP contribution is 2.28. The average Bonchev–Trinajstić information content (AvgIpc) is 3.30. The second-order valence-electron chi connectivity index (χ2n) is 7.71. The van der Waals surface area contributed by atoms with Gasteiger partial charge in [0.25, 0.3) is 10.0 Å². The van der Waals surface area contributed by atoms with E-state index in [0.717, 1.165) is 12.1 Å². The van der Waals surface area contributed by atoms with Gasteiger partial charge in [0.1, 0.15) is 5.69 Å². The first kappa shape index (κ1) is 20.6. The number of carbonyl (C=O) groups is 1. The smallest absolute Gasteiger partial charge is 0.276 e. The number of amides is 1. The van der Waals surface area contributed by atoms with Crippen LogP contribution in [0.2, 0.25) is 0 Å². The number of aromatic amines is 1. The molecule has 2 aromatic heterocycles. The Hall–Kier alpha value is -2.13. The third-order valence-corrected chi connectivity index (χ3v) is 6.75. The topological polar surface area (TPSA) is 108 Å². The van der Waals surface area contributed by atoms with Crippen LogP contribution in [0.25, 0.3) is 11.5 Å². The molecule has 1 fully saturated rings. The molecule has 3 rings (SSSR count). The van der Waals surface area contributed by atoms with E-state index in [0.29, 0.717) is 49.8 Å². The zero-order valence-corrected chi connectivity index (χ0v) is 17.4. The van der Waals surface area contributed by atoms with Crippen molar-refractivity contribution in [3.05, 3.63) is 23.9 Å². The number of rotatable bonds is 7. The number of aromatic nitrogens is 2. The monoisotopic (exact) mass is 408 g/mol. The van der Waals surface area contributed by atoms with Crippen LogP contribution < -0.4 is 5.32 Å². The summed E-state index contributed by atoms with van der Waals surface area (Å²) < 4.78 is 32.7. The molecule has 0 bridgehead atoms. The van der Waals surface area contributed by atoms with Crippen LogP contribution in [-0.4, -0.2) is 48.5 Å². The van der Waals surface area contributed by atoms with E-state index >= 15 is 0 Å². The standard InChI is InChI=1S/C19H28N4O4S/c1-13(2)6-9-20-19(24)15-7-10-23(11-8-15)28(25,26)18-5-4-17(27-18)16-12-14(3)21-22-16/h4-5,12-13,15H,6-11H2,1-3H3,(H,20,24)(H,21,22). The summed E-state index contributed by atoms with van der Waals surface area (Å²) in [7, 11) is -3.72. The van der Waals surface area contributed by atoms with E-state index < -0.39 is 10.0 Å². The number of hydrogen-bond donors (Lipinski definition) is 2. The van der Waals surface area contributed by atoms with Gasteiger partial charge in [-0.15, -0.1) is 0 Å². The van der Waals surface area contributed by atoms with E-state index in [4.69, 9.17) is 4.42 Å². The lowest BCUT2D eigenvalue weighted by atomic mass is 9.97. The summed E-state index contributed by atoms with van der Waals surface area (Å²) in [5.74, 6) is 0.822. The Balaban J connectivity index is 1.59. The van der Waals surface area contributed by atoms with Crippen LogP contribution in [-0.2, 0) is 14.8 Å². The molecule has 2 aromatic rings. The van der Waals surface area contributed by atoms with Gasteiger partial charge in [-0.25, -0.2) is 8.42 Å². The highest BCUT2D eigenvalue weighted by Gasteiger charge is 2.34. The number of hydrogen-bond acceptors (Lipinski definition) is 5. The number of aryl methyl sites for hydroxylation is 1. The van der Waals surface area contributed by atoms with E-state index in [1.807, 2.05) is 6.92 Å². The summed E-state index contributed by atoms with van der Waals surface area (Å²) in [6.07, 6.45) is 1.97. The minimum atomic E-state index is -3.72. The van der Waals surface area contributed by atoms with E-state index in [-0.39, 0.29) is 16.9 Å². The highest BCUT2D eigenvalue weighted by molar-refractivity contribution is 7.89. The lowest BCUT2D eigenvalue weighted by molar-refractivity contribution is -0.126. The quantitative estimate of drug-likeness (QED) is 0.732. The normalized spacial score (nSPS) is 16.6. The van der Waals surface area contributed by atoms with Crippen molar-refractivity contribution >= 4 is 15.9 Å². The molecule has 0 saturated carbocycles. The van der Waals surface area contributed by atoms with Crippen molar-refractivity contribution in [1.82, 2.24) is 19.8 Å². The molecule has 0 aromatic carbocycles. The molecule has 9 heteroatoms. The Kier molecular flexibility index (Phi) is 6.24. The largest absolute Gasteiger partial charge is 0.442 e. The molecule has 0 unspecified atom stereocenters. The van der Waals surface area contributed by atoms with Gasteiger partial charge in [0.2, 0.25) is 11.0 Å². The van der Waals surface area contributed by atoms with Gasteiger partial charge < -0.3 is 9.73 Å². The number of nitrogens with one attached hydrogen (secondary N) is 2. The third-order valence-electron chi connectivity index (χ3n) is 4.98. The van der Waals surface area contributed by atoms with Crippen molar-refractivity contribution in [3.63, 3.8) is 0 Å². The molecule has 28 heavy (non-hydrogen) atoms. The first-order valence-corrected chi connectivity index (χ1v) is 11.1. The first-order chi connectivity index (χ1) is 13.3. The number of piperidine rings is 1. The summed E-state index contributed by atoms with van der Waals surface area (Å²) >= 11 is 0. The van der Waals surface area contributed by atoms with E-state index in [1.54, 1.807) is 12.1 Å². The number of H-pyrrole nitrogens is 1. The van der Waals surface area contributed by atoms with Crippen molar-refractivity contribution < 1.29 is 17.6 Å². The number of nitrogens with zero attached hydrogens (tertiary/aromatic N) is 2. The molecular weight excluding hydrogens is 380 g/mol. The van der Waals surface area contributed by atoms with E-state index in [9.17, 15) is 13.2 Å². The summed E-state index contributed by atoms with van der Waals surface area (Å²) in [6, 6.07) is 4.86. The summed E-state index contributed by atoms with van der Waals surface area (Å²) in [5, 5.41) is 9.76. The van der Waals surface area contributed by atoms with Gasteiger partial charge in [-0.1, -0.05) is 13.8 Å². The van der Waals surface area contributed by atoms with Gasteiger partial charge in [0, 0.05) is 31.2 Å². The van der Waals surface area contributed by atoms with E-state index in [1.165, 1.54) is 10.4 Å². The molecule has 0 aliphatic carbocycles. The Morgan fingerprint density at radius 1 is 1.36 bits per heavy atom. The van der Waals surface area contributed by atoms with Crippen molar-refractivity contribution in [3.8, 4) is 11.5 Å². The van der Waals surface area contributed by atoms with Gasteiger partial charge in [-0.2, -0.15) is 9.40 Å². The molecule has 1 amide bonds. The molecule has 2 N–H and O–H groups in total. The fourth-order valence-electron chi connectivity index (χ4n) is 3.25. The van der Waals surface area contributed by atoms with Crippen LogP contribution in [0.1, 0.15) is 38.8 Å². The average molecular weight is 409 g/mol. The molecule has 0 atom stereocenters. The molecule has 1 aliphatic rings. The minimum Gasteiger partial charge on any atom is -0.442 e. The Morgan fingerprint density at radius 2 is 2.07 bits per heavy atom. The maximum Gasteiger partial charge on any atom is 0.276 e. The fraction of sp³-hybridized carbons (Fsp3) is 0.579. The van der Waals surface area contributed by atoms with Crippen molar-refractivity contribution in [2.24, 2.45) is 11.8 Å². The second-order valence-corrected chi connectivity index (χ2v) is 9.58. The van der Waals surface area contributed by atoms with Crippen LogP contribution in [0.3, 0.4) is 0 Å². The predicted octanol–water partition coefficient (Wildman–Crippen LogP) is 2.54. The SMILES string of the molecule is Cc1cc(-c2ccc(S(=O)(=O)N3CCC(C(=O)NCCC(C)C)CC3)o2)n[nH]1. The van der Waals surface area contributed by atoms with Gasteiger partial charge in [0.15, 0.2) is 5.76 Å². The molecule has 154 valence electrons. The Morgan fingerprint density at radius 3 is 2.68 bits per heavy atom. The van der Waals surface area contributed by atoms with Crippen LogP contribution in [0.5, 0.6) is 0 Å². The summed E-state index contributed by atoms with van der Waals surface area (Å²) in [4.78, 5) is 12.3. The van der Waals surface area contributed by atoms with E-state index in [2.05, 4.69) is 29.4 Å². The van der Waals surface area contributed by atoms with Gasteiger partial charge in [0.05, 0.1) is 0 Å². The number of carbonyl (C=O) groups excluding carboxylic acids is 1. The number of furan rings is 1. The maximum atomic E-state index is 12.9. The maximum absolute atomic E-state index is 12.9. The van der Waals surface area contributed by atoms with Crippen LogP contribution in [0, 0.1) is 18.8 Å². The molecule has 1 aliphatic heterocycles. The molecular formula is C19H28N4O4S. The van der Waals surface area contributed by atoms with Gasteiger partial charge in [-0.3, -0.25) is 9.89 Å². The van der Waals surface area contributed by atoms with Crippen molar-refractivity contribution in [2.75, 3.05) is 19.6 Å². The third kappa shape index (κ3) is 4.64. The van der Waals surface area contributed by atoms with Crippen LogP contribution >= 0.6 is 0 Å². The lowest BCUT2D eigenvalue weighted by Gasteiger charge is -2.29. The lowest BCUT2D eigenvalue weighted by Crippen LogP contribution is -2.43. The molecule has 1 saturated heterocycles. The van der Waals surface area contributed by atoms with Gasteiger partial charge >= 0.3 is 0 Å². The summed E-state index contributed by atoms with van der Waals surface area (Å²) in [6.45, 7) is 7.37. The zero-order chi connectivity index (χ0) is 20.3. The first-order valence-electron chi connectivity index (χ1n) is 9.67. The molecule has 0 spiro atoms. The second kappa shape index (κ2) is 8.48. The predicted molar refractivity (Wildman–Crippen MR) is 105 cm³/mol. The van der Waals surface area contributed by atoms with Crippen molar-refractivity contribution in [2.45, 2.75) is 45.1 Å². The van der Waals surface area contributed by atoms with Gasteiger partial charge in [-0.05, 0) is 50.3 Å². The van der Waals surface area contributed by atoms with Crippen molar-refractivity contribution in [1.29, 1.82) is 0 Å². The molecule has 8 nitrogen and oxygen atoms in total. The fourth-order valence-corrected chi connectivity index (χ4v) is 4.64. The van der Waals surface area contributed by atoms with Crippen LogP contribution in [0.4, 0.5) is 0 Å². The Labute approximate surface area is 165 Å². The number of sulfonamides is 1. The minimum absolute atomic E-state index is 0.0203. The van der Waals surface area contributed by atoms with Crippen LogP contribution in [0.15, 0.2) is 27.7 Å². The molecule has 3 heterocycles. The molecule has 0 radical (unpaired) electrons. The zero-order valence-electron chi connectivity index (χ0n) is 16.6. The summed E-state index contributed by atoms with van der Waals surface area (Å²) in [5.41, 5.74) is 1.43. The Bertz CT molecular complexity index is 908.